The largest absolute Gasteiger partial charge is 0.457 e. The van der Waals surface area contributed by atoms with Gasteiger partial charge in [-0.3, -0.25) is 4.57 Å². The maximum atomic E-state index is 6.62. The molecular formula is C43H35N5O. The van der Waals surface area contributed by atoms with Crippen LogP contribution >= 0.6 is 0 Å². The van der Waals surface area contributed by atoms with Crippen LogP contribution in [0, 0.1) is 0 Å². The number of ether oxygens (including phenoxy) is 1. The first kappa shape index (κ1) is 29.0. The third-order valence-electron chi connectivity index (χ3n) is 9.51. The Morgan fingerprint density at radius 3 is 2.14 bits per heavy atom. The normalized spacial score (nSPS) is 13.0. The van der Waals surface area contributed by atoms with Crippen LogP contribution in [0.15, 0.2) is 146 Å². The molecular weight excluding hydrogens is 603 g/mol. The second kappa shape index (κ2) is 11.2. The summed E-state index contributed by atoms with van der Waals surface area (Å²) < 4.78 is 8.87. The number of hydrogen-bond donors (Lipinski definition) is 0. The fraction of sp³-hybridized carbons (Fsp3) is 0.116. The van der Waals surface area contributed by atoms with Crippen molar-refractivity contribution in [1.82, 2.24) is 14.5 Å². The molecule has 0 saturated heterocycles. The average molecular weight is 638 g/mol. The molecule has 8 aromatic rings. The van der Waals surface area contributed by atoms with Gasteiger partial charge in [0.05, 0.1) is 22.4 Å². The number of pyridine rings is 2. The summed E-state index contributed by atoms with van der Waals surface area (Å²) in [7, 11) is 0. The summed E-state index contributed by atoms with van der Waals surface area (Å²) in [6, 6.07) is 46.5. The van der Waals surface area contributed by atoms with E-state index in [0.717, 1.165) is 62.0 Å². The Morgan fingerprint density at radius 2 is 1.29 bits per heavy atom. The van der Waals surface area contributed by atoms with E-state index in [1.165, 1.54) is 16.3 Å². The van der Waals surface area contributed by atoms with Crippen molar-refractivity contribution < 1.29 is 4.74 Å². The molecule has 0 saturated carbocycles. The fourth-order valence-corrected chi connectivity index (χ4v) is 7.05. The molecule has 0 aliphatic carbocycles. The van der Waals surface area contributed by atoms with E-state index in [-0.39, 0.29) is 5.41 Å². The Balaban J connectivity index is 1.08. The van der Waals surface area contributed by atoms with Crippen LogP contribution in [0.2, 0.25) is 0 Å². The maximum Gasteiger partial charge on any atom is 0.142 e. The van der Waals surface area contributed by atoms with Crippen LogP contribution in [-0.2, 0) is 5.41 Å². The van der Waals surface area contributed by atoms with Gasteiger partial charge in [0.2, 0.25) is 0 Å². The second-order valence-electron chi connectivity index (χ2n) is 13.6. The van der Waals surface area contributed by atoms with Crippen molar-refractivity contribution in [3.8, 4) is 17.3 Å². The van der Waals surface area contributed by atoms with Crippen LogP contribution in [0.25, 0.3) is 38.4 Å². The molecule has 0 N–H and O–H groups in total. The molecule has 0 fully saturated rings. The van der Waals surface area contributed by atoms with Crippen LogP contribution < -0.4 is 14.5 Å². The van der Waals surface area contributed by atoms with Gasteiger partial charge in [-0.25, -0.2) is 9.97 Å². The van der Waals surface area contributed by atoms with E-state index in [1.807, 2.05) is 18.5 Å². The molecule has 1 aliphatic heterocycles. The Labute approximate surface area is 285 Å². The van der Waals surface area contributed by atoms with Gasteiger partial charge in [0.15, 0.2) is 0 Å². The second-order valence-corrected chi connectivity index (χ2v) is 13.6. The highest BCUT2D eigenvalue weighted by Crippen LogP contribution is 2.46. The number of rotatable bonds is 5. The SMILES string of the molecule is CC(C)(C)c1ccnc(-n2c3ccccc3c3ccc(Oc4cccc(N5CN(c6nccc7ccccc67)c6ccccc65)c4)cc32)c1. The zero-order valence-corrected chi connectivity index (χ0v) is 27.7. The molecule has 0 unspecified atom stereocenters. The van der Waals surface area contributed by atoms with Crippen LogP contribution in [-0.4, -0.2) is 21.2 Å². The molecule has 0 amide bonds. The Morgan fingerprint density at radius 1 is 0.571 bits per heavy atom. The van der Waals surface area contributed by atoms with Crippen molar-refractivity contribution in [2.24, 2.45) is 0 Å². The minimum absolute atomic E-state index is 0.00796. The number of benzene rings is 5. The summed E-state index contributed by atoms with van der Waals surface area (Å²) in [5.41, 5.74) is 6.73. The van der Waals surface area contributed by atoms with Gasteiger partial charge in [0.25, 0.3) is 0 Å². The highest BCUT2D eigenvalue weighted by molar-refractivity contribution is 6.09. The number of anilines is 4. The summed E-state index contributed by atoms with van der Waals surface area (Å²) >= 11 is 0. The van der Waals surface area contributed by atoms with Gasteiger partial charge < -0.3 is 14.5 Å². The summed E-state index contributed by atoms with van der Waals surface area (Å²) in [6.07, 6.45) is 3.81. The molecule has 4 heterocycles. The third-order valence-corrected chi connectivity index (χ3v) is 9.51. The molecule has 6 nitrogen and oxygen atoms in total. The van der Waals surface area contributed by atoms with Gasteiger partial charge in [0, 0.05) is 46.4 Å². The van der Waals surface area contributed by atoms with E-state index in [4.69, 9.17) is 14.7 Å². The molecule has 0 atom stereocenters. The molecule has 5 aromatic carbocycles. The van der Waals surface area contributed by atoms with Crippen molar-refractivity contribution in [1.29, 1.82) is 0 Å². The van der Waals surface area contributed by atoms with Gasteiger partial charge in [-0.1, -0.05) is 81.4 Å². The van der Waals surface area contributed by atoms with Crippen molar-refractivity contribution in [2.45, 2.75) is 26.2 Å². The van der Waals surface area contributed by atoms with Gasteiger partial charge in [-0.05, 0) is 77.0 Å². The Hall–Kier alpha value is -6.14. The first-order chi connectivity index (χ1) is 23.9. The quantitative estimate of drug-likeness (QED) is 0.188. The predicted molar refractivity (Wildman–Crippen MR) is 201 cm³/mol. The summed E-state index contributed by atoms with van der Waals surface area (Å²) in [5, 5.41) is 4.65. The van der Waals surface area contributed by atoms with Gasteiger partial charge >= 0.3 is 0 Å². The molecule has 0 radical (unpaired) electrons. The van der Waals surface area contributed by atoms with E-state index < -0.39 is 0 Å². The molecule has 0 spiro atoms. The molecule has 6 heteroatoms. The predicted octanol–water partition coefficient (Wildman–Crippen LogP) is 11.1. The lowest BCUT2D eigenvalue weighted by Gasteiger charge is -2.22. The molecule has 9 rings (SSSR count). The van der Waals surface area contributed by atoms with Gasteiger partial charge in [-0.15, -0.1) is 0 Å². The molecule has 1 aliphatic rings. The van der Waals surface area contributed by atoms with E-state index in [9.17, 15) is 0 Å². The molecule has 0 bridgehead atoms. The lowest BCUT2D eigenvalue weighted by atomic mass is 9.88. The maximum absolute atomic E-state index is 6.62. The summed E-state index contributed by atoms with van der Waals surface area (Å²) in [4.78, 5) is 14.3. The van der Waals surface area contributed by atoms with Crippen LogP contribution in [0.3, 0.4) is 0 Å². The summed E-state index contributed by atoms with van der Waals surface area (Å²) in [6.45, 7) is 7.33. The van der Waals surface area contributed by atoms with Crippen molar-refractivity contribution in [3.63, 3.8) is 0 Å². The highest BCUT2D eigenvalue weighted by Gasteiger charge is 2.29. The number of hydrogen-bond acceptors (Lipinski definition) is 5. The zero-order valence-electron chi connectivity index (χ0n) is 27.7. The molecule has 3 aromatic heterocycles. The standard InChI is InChI=1S/C43H35N5O/c1-43(2,3)30-22-24-44-41(25-30)48-37-16-7-6-15-35(37)36-20-19-33(27-40(36)48)49-32-13-10-12-31(26-32)46-28-47(39-18-9-8-17-38(39)46)42-34-14-5-4-11-29(34)21-23-45-42/h4-27H,28H2,1-3H3. The third kappa shape index (κ3) is 4.95. The van der Waals surface area contributed by atoms with E-state index >= 15 is 0 Å². The number of fused-ring (bicyclic) bond motifs is 5. The Bertz CT molecular complexity index is 2520. The van der Waals surface area contributed by atoms with E-state index in [0.29, 0.717) is 6.67 Å². The lowest BCUT2D eigenvalue weighted by molar-refractivity contribution is 0.483. The van der Waals surface area contributed by atoms with Gasteiger partial charge in [-0.2, -0.15) is 0 Å². The fourth-order valence-electron chi connectivity index (χ4n) is 7.05. The number of aromatic nitrogens is 3. The van der Waals surface area contributed by atoms with Crippen LogP contribution in [0.5, 0.6) is 11.5 Å². The minimum atomic E-state index is 0.00796. The average Bonchev–Trinajstić information content (AvgIpc) is 3.67. The van der Waals surface area contributed by atoms with Crippen molar-refractivity contribution >= 4 is 55.5 Å². The first-order valence-electron chi connectivity index (χ1n) is 16.7. The van der Waals surface area contributed by atoms with Gasteiger partial charge in [0.1, 0.15) is 29.8 Å². The molecule has 238 valence electrons. The van der Waals surface area contributed by atoms with Crippen LogP contribution in [0.4, 0.5) is 22.9 Å². The highest BCUT2D eigenvalue weighted by atomic mass is 16.5. The number of para-hydroxylation sites is 3. The van der Waals surface area contributed by atoms with Crippen LogP contribution in [0.1, 0.15) is 26.3 Å². The first-order valence-corrected chi connectivity index (χ1v) is 16.7. The molecule has 49 heavy (non-hydrogen) atoms. The monoisotopic (exact) mass is 637 g/mol. The van der Waals surface area contributed by atoms with Crippen molar-refractivity contribution in [2.75, 3.05) is 16.5 Å². The smallest absolute Gasteiger partial charge is 0.142 e. The van der Waals surface area contributed by atoms with Crippen molar-refractivity contribution in [3.05, 3.63) is 151 Å². The number of nitrogens with zero attached hydrogens (tertiary/aromatic N) is 5. The Kier molecular flexibility index (Phi) is 6.66. The lowest BCUT2D eigenvalue weighted by Crippen LogP contribution is -2.24. The van der Waals surface area contributed by atoms with E-state index in [1.54, 1.807) is 0 Å². The minimum Gasteiger partial charge on any atom is -0.457 e. The topological polar surface area (TPSA) is 46.4 Å². The zero-order chi connectivity index (χ0) is 33.1. The van der Waals surface area contributed by atoms with E-state index in [2.05, 4.69) is 163 Å². The summed E-state index contributed by atoms with van der Waals surface area (Å²) in [5.74, 6) is 3.39.